The number of nitro groups is 1. The Morgan fingerprint density at radius 1 is 1.50 bits per heavy atom. The van der Waals surface area contributed by atoms with Crippen molar-refractivity contribution >= 4 is 5.69 Å². The lowest BCUT2D eigenvalue weighted by Gasteiger charge is -2.00. The second-order valence-electron chi connectivity index (χ2n) is 3.46. The standard InChI is InChI=1S/C10H10N4O2/c1-13-7-11-12-10(13)6-8-3-2-4-9(5-8)14(15)16/h2-5,7H,6H2,1H3. The second kappa shape index (κ2) is 4.09. The minimum absolute atomic E-state index is 0.0969. The fraction of sp³-hybridized carbons (Fsp3) is 0.200. The van der Waals surface area contributed by atoms with Gasteiger partial charge in [0.25, 0.3) is 5.69 Å². The van der Waals surface area contributed by atoms with E-state index in [0.717, 1.165) is 11.4 Å². The van der Waals surface area contributed by atoms with E-state index in [4.69, 9.17) is 0 Å². The maximum Gasteiger partial charge on any atom is 0.269 e. The summed E-state index contributed by atoms with van der Waals surface area (Å²) in [7, 11) is 1.84. The Balaban J connectivity index is 2.25. The van der Waals surface area contributed by atoms with Crippen molar-refractivity contribution in [1.29, 1.82) is 0 Å². The minimum Gasteiger partial charge on any atom is -0.320 e. The number of hydrogen-bond acceptors (Lipinski definition) is 4. The Bertz CT molecular complexity index is 521. The number of nitrogens with zero attached hydrogens (tertiary/aromatic N) is 4. The molecule has 0 saturated heterocycles. The molecule has 82 valence electrons. The van der Waals surface area contributed by atoms with Crippen molar-refractivity contribution < 1.29 is 4.92 Å². The third-order valence-corrected chi connectivity index (χ3v) is 2.29. The van der Waals surface area contributed by atoms with Crippen LogP contribution in [0.3, 0.4) is 0 Å². The van der Waals surface area contributed by atoms with Gasteiger partial charge in [0, 0.05) is 25.6 Å². The van der Waals surface area contributed by atoms with Crippen molar-refractivity contribution in [1.82, 2.24) is 14.8 Å². The van der Waals surface area contributed by atoms with Gasteiger partial charge in [-0.15, -0.1) is 10.2 Å². The van der Waals surface area contributed by atoms with E-state index < -0.39 is 4.92 Å². The van der Waals surface area contributed by atoms with Crippen LogP contribution in [-0.4, -0.2) is 19.7 Å². The highest BCUT2D eigenvalue weighted by Gasteiger charge is 2.08. The van der Waals surface area contributed by atoms with Crippen LogP contribution in [0.15, 0.2) is 30.6 Å². The van der Waals surface area contributed by atoms with Crippen LogP contribution in [0.2, 0.25) is 0 Å². The van der Waals surface area contributed by atoms with Gasteiger partial charge in [-0.05, 0) is 5.56 Å². The topological polar surface area (TPSA) is 73.8 Å². The molecule has 6 heteroatoms. The molecule has 1 aromatic carbocycles. The molecule has 1 aromatic heterocycles. The molecule has 0 spiro atoms. The lowest BCUT2D eigenvalue weighted by Crippen LogP contribution is -1.99. The SMILES string of the molecule is Cn1cnnc1Cc1cccc([N+](=O)[O-])c1. The number of nitro benzene ring substituents is 1. The number of non-ortho nitro benzene ring substituents is 1. The van der Waals surface area contributed by atoms with Gasteiger partial charge in [0.15, 0.2) is 0 Å². The van der Waals surface area contributed by atoms with E-state index in [0.29, 0.717) is 6.42 Å². The van der Waals surface area contributed by atoms with Crippen LogP contribution in [0, 0.1) is 10.1 Å². The normalized spacial score (nSPS) is 10.3. The zero-order valence-corrected chi connectivity index (χ0v) is 8.70. The van der Waals surface area contributed by atoms with Crippen LogP contribution >= 0.6 is 0 Å². The number of aryl methyl sites for hydroxylation is 1. The number of hydrogen-bond donors (Lipinski definition) is 0. The van der Waals surface area contributed by atoms with Crippen LogP contribution in [0.25, 0.3) is 0 Å². The molecule has 2 aromatic rings. The van der Waals surface area contributed by atoms with Crippen molar-refractivity contribution in [3.63, 3.8) is 0 Å². The molecule has 0 unspecified atom stereocenters. The fourth-order valence-electron chi connectivity index (χ4n) is 1.43. The Morgan fingerprint density at radius 2 is 2.31 bits per heavy atom. The third-order valence-electron chi connectivity index (χ3n) is 2.29. The quantitative estimate of drug-likeness (QED) is 0.575. The molecule has 2 rings (SSSR count). The highest BCUT2D eigenvalue weighted by Crippen LogP contribution is 2.15. The Morgan fingerprint density at radius 3 is 2.94 bits per heavy atom. The first kappa shape index (κ1) is 10.3. The summed E-state index contributed by atoms with van der Waals surface area (Å²) >= 11 is 0. The highest BCUT2D eigenvalue weighted by molar-refractivity contribution is 5.35. The predicted molar refractivity (Wildman–Crippen MR) is 56.9 cm³/mol. The molecule has 0 aliphatic heterocycles. The zero-order chi connectivity index (χ0) is 11.5. The summed E-state index contributed by atoms with van der Waals surface area (Å²) < 4.78 is 1.79. The first-order chi connectivity index (χ1) is 7.66. The largest absolute Gasteiger partial charge is 0.320 e. The molecule has 0 atom stereocenters. The van der Waals surface area contributed by atoms with Crippen LogP contribution in [0.4, 0.5) is 5.69 Å². The van der Waals surface area contributed by atoms with E-state index in [9.17, 15) is 10.1 Å². The summed E-state index contributed by atoms with van der Waals surface area (Å²) in [6.07, 6.45) is 2.14. The molecule has 0 bridgehead atoms. The second-order valence-corrected chi connectivity index (χ2v) is 3.46. The van der Waals surface area contributed by atoms with Gasteiger partial charge in [0.05, 0.1) is 4.92 Å². The third kappa shape index (κ3) is 2.05. The summed E-state index contributed by atoms with van der Waals surface area (Å²) in [5, 5.41) is 18.3. The van der Waals surface area contributed by atoms with E-state index in [1.54, 1.807) is 23.0 Å². The maximum atomic E-state index is 10.6. The molecule has 1 heterocycles. The molecule has 16 heavy (non-hydrogen) atoms. The van der Waals surface area contributed by atoms with Gasteiger partial charge in [-0.2, -0.15) is 0 Å². The first-order valence-electron chi connectivity index (χ1n) is 4.73. The Hall–Kier alpha value is -2.24. The monoisotopic (exact) mass is 218 g/mol. The van der Waals surface area contributed by atoms with E-state index in [-0.39, 0.29) is 5.69 Å². The molecule has 6 nitrogen and oxygen atoms in total. The summed E-state index contributed by atoms with van der Waals surface area (Å²) in [4.78, 5) is 10.2. The predicted octanol–water partition coefficient (Wildman–Crippen LogP) is 1.31. The molecule has 0 aliphatic carbocycles. The van der Waals surface area contributed by atoms with Gasteiger partial charge >= 0.3 is 0 Å². The summed E-state index contributed by atoms with van der Waals surface area (Å²) in [5.74, 6) is 0.778. The lowest BCUT2D eigenvalue weighted by molar-refractivity contribution is -0.384. The lowest BCUT2D eigenvalue weighted by atomic mass is 10.1. The molecule has 0 radical (unpaired) electrons. The van der Waals surface area contributed by atoms with Gasteiger partial charge in [-0.3, -0.25) is 10.1 Å². The van der Waals surface area contributed by atoms with E-state index in [2.05, 4.69) is 10.2 Å². The molecule has 0 aliphatic rings. The van der Waals surface area contributed by atoms with Gasteiger partial charge in [-0.25, -0.2) is 0 Å². The summed E-state index contributed by atoms with van der Waals surface area (Å²) in [6.45, 7) is 0. The van der Waals surface area contributed by atoms with E-state index >= 15 is 0 Å². The van der Waals surface area contributed by atoms with Crippen molar-refractivity contribution in [2.45, 2.75) is 6.42 Å². The first-order valence-corrected chi connectivity index (χ1v) is 4.73. The summed E-state index contributed by atoms with van der Waals surface area (Å²) in [5.41, 5.74) is 0.949. The van der Waals surface area contributed by atoms with Gasteiger partial charge in [0.2, 0.25) is 0 Å². The Labute approximate surface area is 91.7 Å². The number of benzene rings is 1. The molecule has 0 N–H and O–H groups in total. The Kier molecular flexibility index (Phi) is 2.63. The molecular formula is C10H10N4O2. The van der Waals surface area contributed by atoms with Gasteiger partial charge in [-0.1, -0.05) is 12.1 Å². The van der Waals surface area contributed by atoms with Crippen molar-refractivity contribution in [2.24, 2.45) is 7.05 Å². The number of rotatable bonds is 3. The minimum atomic E-state index is -0.403. The average molecular weight is 218 g/mol. The van der Waals surface area contributed by atoms with Crippen molar-refractivity contribution in [3.05, 3.63) is 52.1 Å². The fourth-order valence-corrected chi connectivity index (χ4v) is 1.43. The van der Waals surface area contributed by atoms with E-state index in [1.807, 2.05) is 13.1 Å². The number of aromatic nitrogens is 3. The van der Waals surface area contributed by atoms with Crippen molar-refractivity contribution in [3.8, 4) is 0 Å². The van der Waals surface area contributed by atoms with E-state index in [1.165, 1.54) is 6.07 Å². The highest BCUT2D eigenvalue weighted by atomic mass is 16.6. The van der Waals surface area contributed by atoms with Gasteiger partial charge in [0.1, 0.15) is 12.2 Å². The molecular weight excluding hydrogens is 208 g/mol. The molecule has 0 fully saturated rings. The zero-order valence-electron chi connectivity index (χ0n) is 8.70. The van der Waals surface area contributed by atoms with Crippen LogP contribution in [0.1, 0.15) is 11.4 Å². The van der Waals surface area contributed by atoms with Crippen LogP contribution in [0.5, 0.6) is 0 Å². The van der Waals surface area contributed by atoms with Crippen LogP contribution in [-0.2, 0) is 13.5 Å². The average Bonchev–Trinajstić information content (AvgIpc) is 2.65. The molecule has 0 saturated carbocycles. The van der Waals surface area contributed by atoms with Crippen molar-refractivity contribution in [2.75, 3.05) is 0 Å². The van der Waals surface area contributed by atoms with Gasteiger partial charge < -0.3 is 4.57 Å². The maximum absolute atomic E-state index is 10.6. The van der Waals surface area contributed by atoms with Crippen LogP contribution < -0.4 is 0 Å². The summed E-state index contributed by atoms with van der Waals surface area (Å²) in [6, 6.07) is 6.53. The smallest absolute Gasteiger partial charge is 0.269 e. The molecule has 0 amide bonds.